The lowest BCUT2D eigenvalue weighted by Gasteiger charge is -2.06. The molecule has 81 valence electrons. The van der Waals surface area contributed by atoms with Crippen molar-refractivity contribution in [3.63, 3.8) is 0 Å². The number of allylic oxidation sites excluding steroid dienone is 4. The molecule has 0 aliphatic heterocycles. The van der Waals surface area contributed by atoms with E-state index in [-0.39, 0.29) is 0 Å². The summed E-state index contributed by atoms with van der Waals surface area (Å²) in [6.07, 6.45) is 7.07. The van der Waals surface area contributed by atoms with Gasteiger partial charge in [-0.05, 0) is 18.2 Å². The summed E-state index contributed by atoms with van der Waals surface area (Å²) >= 11 is 17.9. The Kier molecular flexibility index (Phi) is 3.70. The Labute approximate surface area is 109 Å². The number of nitrogens with zero attached hydrogens (tertiary/aromatic N) is 1. The summed E-state index contributed by atoms with van der Waals surface area (Å²) in [5.74, 6) is 0. The Balaban J connectivity index is 2.37. The monoisotopic (exact) mass is 270 g/mol. The third kappa shape index (κ3) is 2.67. The van der Waals surface area contributed by atoms with Crippen LogP contribution >= 0.6 is 34.8 Å². The van der Waals surface area contributed by atoms with E-state index < -0.39 is 0 Å². The maximum absolute atomic E-state index is 6.01. The van der Waals surface area contributed by atoms with Gasteiger partial charge in [0, 0.05) is 17.5 Å². The summed E-state index contributed by atoms with van der Waals surface area (Å²) < 4.78 is 0. The maximum atomic E-state index is 6.01. The van der Waals surface area contributed by atoms with Gasteiger partial charge in [0.2, 0.25) is 0 Å². The first-order valence-electron chi connectivity index (χ1n) is 4.63. The third-order valence-corrected chi connectivity index (χ3v) is 2.90. The minimum atomic E-state index is 0.521. The topological polar surface area (TPSA) is 12.4 Å². The number of halogens is 3. The fraction of sp³-hybridized carbons (Fsp3) is 0.0833. The second-order valence-corrected chi connectivity index (χ2v) is 4.53. The summed E-state index contributed by atoms with van der Waals surface area (Å²) in [5.41, 5.74) is 1.29. The van der Waals surface area contributed by atoms with Gasteiger partial charge in [0.25, 0.3) is 0 Å². The highest BCUT2D eigenvalue weighted by Gasteiger charge is 2.08. The Bertz CT molecular complexity index is 481. The molecule has 16 heavy (non-hydrogen) atoms. The van der Waals surface area contributed by atoms with Gasteiger partial charge in [0.1, 0.15) is 5.69 Å². The number of benzene rings is 1. The fourth-order valence-corrected chi connectivity index (χ4v) is 1.97. The zero-order chi connectivity index (χ0) is 11.5. The fourth-order valence-electron chi connectivity index (χ4n) is 1.30. The van der Waals surface area contributed by atoms with Crippen LogP contribution in [0.4, 0.5) is 5.69 Å². The molecule has 1 aromatic carbocycles. The normalized spacial score (nSPS) is 17.7. The lowest BCUT2D eigenvalue weighted by molar-refractivity contribution is 1.35. The Morgan fingerprint density at radius 1 is 1.12 bits per heavy atom. The van der Waals surface area contributed by atoms with Gasteiger partial charge < -0.3 is 0 Å². The molecule has 1 aliphatic carbocycles. The zero-order valence-electron chi connectivity index (χ0n) is 8.17. The largest absolute Gasteiger partial charge is 0.249 e. The highest BCUT2D eigenvalue weighted by Crippen LogP contribution is 2.33. The van der Waals surface area contributed by atoms with Gasteiger partial charge in [0.05, 0.1) is 15.8 Å². The summed E-state index contributed by atoms with van der Waals surface area (Å²) in [6, 6.07) is 5.27. The molecule has 0 N–H and O–H groups in total. The predicted molar refractivity (Wildman–Crippen MR) is 69.9 cm³/mol. The van der Waals surface area contributed by atoms with E-state index in [0.717, 1.165) is 10.7 Å². The summed E-state index contributed by atoms with van der Waals surface area (Å²) in [4.78, 5) is 4.35. The quantitative estimate of drug-likeness (QED) is 0.685. The molecule has 0 saturated heterocycles. The molecule has 4 heteroatoms. The number of rotatable bonds is 1. The Morgan fingerprint density at radius 3 is 2.44 bits per heavy atom. The van der Waals surface area contributed by atoms with Crippen LogP contribution in [-0.2, 0) is 0 Å². The van der Waals surface area contributed by atoms with Crippen molar-refractivity contribution in [3.05, 3.63) is 51.5 Å². The van der Waals surface area contributed by atoms with E-state index in [1.54, 1.807) is 30.4 Å². The van der Waals surface area contributed by atoms with Crippen LogP contribution in [0.15, 0.2) is 40.4 Å². The van der Waals surface area contributed by atoms with Gasteiger partial charge in [-0.15, -0.1) is 0 Å². The van der Waals surface area contributed by atoms with Crippen molar-refractivity contribution in [1.82, 2.24) is 0 Å². The lowest BCUT2D eigenvalue weighted by Crippen LogP contribution is -1.97. The molecule has 0 fully saturated rings. The average molecular weight is 272 g/mol. The second kappa shape index (κ2) is 5.05. The zero-order valence-corrected chi connectivity index (χ0v) is 10.4. The average Bonchev–Trinajstić information content (AvgIpc) is 2.24. The summed E-state index contributed by atoms with van der Waals surface area (Å²) in [6.45, 7) is 0. The molecular formula is C12H7Cl3N. The van der Waals surface area contributed by atoms with Gasteiger partial charge in [0.15, 0.2) is 0 Å². The number of aliphatic imine (C=N–C) groups is 1. The Hall–Kier alpha value is -0.760. The van der Waals surface area contributed by atoms with Gasteiger partial charge in [-0.2, -0.15) is 0 Å². The molecule has 0 bridgehead atoms. The maximum Gasteiger partial charge on any atom is 0.101 e. The molecule has 0 unspecified atom stereocenters. The molecule has 0 saturated carbocycles. The smallest absolute Gasteiger partial charge is 0.101 e. The number of hydrogen-bond acceptors (Lipinski definition) is 1. The van der Waals surface area contributed by atoms with Crippen LogP contribution in [0, 0.1) is 6.08 Å². The molecule has 1 nitrogen and oxygen atoms in total. The van der Waals surface area contributed by atoms with Crippen LogP contribution in [0.25, 0.3) is 0 Å². The van der Waals surface area contributed by atoms with Gasteiger partial charge >= 0.3 is 0 Å². The van der Waals surface area contributed by atoms with Crippen LogP contribution in [0.2, 0.25) is 10.0 Å². The van der Waals surface area contributed by atoms with Crippen LogP contribution < -0.4 is 0 Å². The Morgan fingerprint density at radius 2 is 1.81 bits per heavy atom. The minimum absolute atomic E-state index is 0.521. The first-order chi connectivity index (χ1) is 7.66. The summed E-state index contributed by atoms with van der Waals surface area (Å²) in [5, 5.41) is 1.76. The molecule has 0 heterocycles. The second-order valence-electron chi connectivity index (χ2n) is 3.23. The molecule has 0 spiro atoms. The predicted octanol–water partition coefficient (Wildman–Crippen LogP) is 4.95. The highest BCUT2D eigenvalue weighted by atomic mass is 35.5. The molecule has 1 aromatic rings. The molecule has 1 radical (unpaired) electrons. The van der Waals surface area contributed by atoms with E-state index in [4.69, 9.17) is 34.8 Å². The SMILES string of the molecule is ClC1=CC=[C]C(=Nc2c(Cl)cccc2Cl)C1. The van der Waals surface area contributed by atoms with Crippen LogP contribution in [0.3, 0.4) is 0 Å². The van der Waals surface area contributed by atoms with E-state index in [1.165, 1.54) is 0 Å². The number of para-hydroxylation sites is 1. The molecule has 0 amide bonds. The van der Waals surface area contributed by atoms with Crippen LogP contribution in [0.1, 0.15) is 6.42 Å². The molecule has 1 aliphatic rings. The van der Waals surface area contributed by atoms with Crippen LogP contribution in [0.5, 0.6) is 0 Å². The molecule has 2 rings (SSSR count). The van der Waals surface area contributed by atoms with Crippen molar-refractivity contribution in [2.24, 2.45) is 4.99 Å². The van der Waals surface area contributed by atoms with E-state index in [2.05, 4.69) is 11.1 Å². The molecular weight excluding hydrogens is 264 g/mol. The third-order valence-electron chi connectivity index (χ3n) is 2.03. The first-order valence-corrected chi connectivity index (χ1v) is 5.76. The van der Waals surface area contributed by atoms with Crippen molar-refractivity contribution in [1.29, 1.82) is 0 Å². The van der Waals surface area contributed by atoms with Crippen molar-refractivity contribution in [3.8, 4) is 0 Å². The van der Waals surface area contributed by atoms with E-state index in [1.807, 2.05) is 0 Å². The number of hydrogen-bond donors (Lipinski definition) is 0. The molecule has 0 atom stereocenters. The first kappa shape index (κ1) is 11.7. The highest BCUT2D eigenvalue weighted by molar-refractivity contribution is 6.39. The van der Waals surface area contributed by atoms with Crippen molar-refractivity contribution in [2.45, 2.75) is 6.42 Å². The van der Waals surface area contributed by atoms with Gasteiger partial charge in [-0.1, -0.05) is 46.9 Å². The van der Waals surface area contributed by atoms with Crippen molar-refractivity contribution >= 4 is 46.2 Å². The van der Waals surface area contributed by atoms with Crippen molar-refractivity contribution in [2.75, 3.05) is 0 Å². The van der Waals surface area contributed by atoms with E-state index >= 15 is 0 Å². The standard InChI is InChI=1S/C12H7Cl3N/c13-8-3-1-4-9(7-8)16-12-10(14)5-2-6-11(12)15/h1-3,5-6H,7H2. The van der Waals surface area contributed by atoms with Gasteiger partial charge in [-0.3, -0.25) is 0 Å². The van der Waals surface area contributed by atoms with E-state index in [0.29, 0.717) is 22.2 Å². The lowest BCUT2D eigenvalue weighted by atomic mass is 10.1. The molecule has 0 aromatic heterocycles. The van der Waals surface area contributed by atoms with Crippen LogP contribution in [-0.4, -0.2) is 5.71 Å². The van der Waals surface area contributed by atoms with E-state index in [9.17, 15) is 0 Å². The summed E-state index contributed by atoms with van der Waals surface area (Å²) in [7, 11) is 0. The van der Waals surface area contributed by atoms with Gasteiger partial charge in [-0.25, -0.2) is 4.99 Å². The van der Waals surface area contributed by atoms with Crippen molar-refractivity contribution < 1.29 is 0 Å². The minimum Gasteiger partial charge on any atom is -0.249 e.